The number of amides is 2. The largest absolute Gasteiger partial charge is 0.354 e. The first kappa shape index (κ1) is 19.2. The minimum atomic E-state index is -0.360. The molecule has 2 aromatic rings. The second-order valence-electron chi connectivity index (χ2n) is 7.50. The van der Waals surface area contributed by atoms with E-state index in [9.17, 15) is 9.59 Å². The maximum atomic E-state index is 12.6. The number of nitrogens with one attached hydrogen (secondary N) is 1. The zero-order chi connectivity index (χ0) is 19.2. The van der Waals surface area contributed by atoms with Gasteiger partial charge in [-0.15, -0.1) is 0 Å². The SMILES string of the molecule is CC(C)c1ccc(CCNC(=O)C2CCC(=O)N2Cc2ccccc2)cc1. The smallest absolute Gasteiger partial charge is 0.242 e. The number of nitrogens with zero attached hydrogens (tertiary/aromatic N) is 1. The zero-order valence-electron chi connectivity index (χ0n) is 16.2. The summed E-state index contributed by atoms with van der Waals surface area (Å²) >= 11 is 0. The van der Waals surface area contributed by atoms with Crippen LogP contribution < -0.4 is 5.32 Å². The minimum absolute atomic E-state index is 0.0458. The fourth-order valence-electron chi connectivity index (χ4n) is 3.50. The molecule has 3 rings (SSSR count). The molecule has 1 N–H and O–H groups in total. The summed E-state index contributed by atoms with van der Waals surface area (Å²) in [5, 5.41) is 3.01. The number of likely N-dealkylation sites (tertiary alicyclic amines) is 1. The van der Waals surface area contributed by atoms with Crippen molar-refractivity contribution in [1.29, 1.82) is 0 Å². The van der Waals surface area contributed by atoms with Gasteiger partial charge in [-0.2, -0.15) is 0 Å². The van der Waals surface area contributed by atoms with Crippen molar-refractivity contribution in [2.45, 2.75) is 51.6 Å². The van der Waals surface area contributed by atoms with Crippen LogP contribution in [0.5, 0.6) is 0 Å². The fraction of sp³-hybridized carbons (Fsp3) is 0.391. The Labute approximate surface area is 161 Å². The Morgan fingerprint density at radius 3 is 2.44 bits per heavy atom. The Morgan fingerprint density at radius 2 is 1.78 bits per heavy atom. The molecule has 1 saturated heterocycles. The molecule has 0 spiro atoms. The average Bonchev–Trinajstić information content (AvgIpc) is 3.03. The van der Waals surface area contributed by atoms with Crippen LogP contribution >= 0.6 is 0 Å². The number of hydrogen-bond acceptors (Lipinski definition) is 2. The van der Waals surface area contributed by atoms with E-state index in [0.29, 0.717) is 31.8 Å². The van der Waals surface area contributed by atoms with Crippen LogP contribution in [0.4, 0.5) is 0 Å². The lowest BCUT2D eigenvalue weighted by Gasteiger charge is -2.24. The standard InChI is InChI=1S/C23H28N2O2/c1-17(2)20-10-8-18(9-11-20)14-15-24-23(27)21-12-13-22(26)25(21)16-19-6-4-3-5-7-19/h3-11,17,21H,12-16H2,1-2H3,(H,24,27). The minimum Gasteiger partial charge on any atom is -0.354 e. The van der Waals surface area contributed by atoms with Crippen molar-refractivity contribution >= 4 is 11.8 Å². The summed E-state index contributed by atoms with van der Waals surface area (Å²) in [6.07, 6.45) is 1.84. The van der Waals surface area contributed by atoms with Crippen LogP contribution in [0.25, 0.3) is 0 Å². The third-order valence-electron chi connectivity index (χ3n) is 5.19. The number of hydrogen-bond donors (Lipinski definition) is 1. The lowest BCUT2D eigenvalue weighted by molar-refractivity contribution is -0.135. The summed E-state index contributed by atoms with van der Waals surface area (Å²) in [6, 6.07) is 18.0. The van der Waals surface area contributed by atoms with E-state index < -0.39 is 0 Å². The molecule has 1 atom stereocenters. The van der Waals surface area contributed by atoms with Crippen molar-refractivity contribution in [2.75, 3.05) is 6.54 Å². The van der Waals surface area contributed by atoms with Gasteiger partial charge in [-0.1, -0.05) is 68.4 Å². The van der Waals surface area contributed by atoms with Crippen LogP contribution in [0.1, 0.15) is 49.3 Å². The predicted molar refractivity (Wildman–Crippen MR) is 107 cm³/mol. The molecule has 4 nitrogen and oxygen atoms in total. The average molecular weight is 364 g/mol. The highest BCUT2D eigenvalue weighted by Gasteiger charge is 2.35. The van der Waals surface area contributed by atoms with Crippen LogP contribution in [-0.2, 0) is 22.6 Å². The summed E-state index contributed by atoms with van der Waals surface area (Å²) in [5.74, 6) is 0.535. The zero-order valence-corrected chi connectivity index (χ0v) is 16.2. The van der Waals surface area contributed by atoms with Gasteiger partial charge in [0.1, 0.15) is 6.04 Å². The lowest BCUT2D eigenvalue weighted by atomic mass is 10.0. The van der Waals surface area contributed by atoms with E-state index >= 15 is 0 Å². The Morgan fingerprint density at radius 1 is 1.07 bits per heavy atom. The molecule has 1 aliphatic rings. The Hall–Kier alpha value is -2.62. The number of benzene rings is 2. The third-order valence-corrected chi connectivity index (χ3v) is 5.19. The molecule has 1 fully saturated rings. The second kappa shape index (κ2) is 8.85. The van der Waals surface area contributed by atoms with Crippen molar-refractivity contribution < 1.29 is 9.59 Å². The molecule has 27 heavy (non-hydrogen) atoms. The van der Waals surface area contributed by atoms with Crippen molar-refractivity contribution in [3.63, 3.8) is 0 Å². The summed E-state index contributed by atoms with van der Waals surface area (Å²) < 4.78 is 0. The molecule has 4 heteroatoms. The molecule has 0 aromatic heterocycles. The monoisotopic (exact) mass is 364 g/mol. The van der Waals surface area contributed by atoms with Crippen molar-refractivity contribution in [3.05, 3.63) is 71.3 Å². The lowest BCUT2D eigenvalue weighted by Crippen LogP contribution is -2.44. The maximum Gasteiger partial charge on any atom is 0.242 e. The van der Waals surface area contributed by atoms with E-state index in [0.717, 1.165) is 12.0 Å². The van der Waals surface area contributed by atoms with Crippen LogP contribution in [0.3, 0.4) is 0 Å². The van der Waals surface area contributed by atoms with Crippen LogP contribution in [-0.4, -0.2) is 29.3 Å². The molecule has 0 radical (unpaired) electrons. The van der Waals surface area contributed by atoms with Crippen molar-refractivity contribution in [1.82, 2.24) is 10.2 Å². The predicted octanol–water partition coefficient (Wildman–Crippen LogP) is 3.66. The first-order valence-corrected chi connectivity index (χ1v) is 9.74. The molecular formula is C23H28N2O2. The van der Waals surface area contributed by atoms with Gasteiger partial charge < -0.3 is 10.2 Å². The summed E-state index contributed by atoms with van der Waals surface area (Å²) in [6.45, 7) is 5.44. The van der Waals surface area contributed by atoms with Gasteiger partial charge in [0.2, 0.25) is 11.8 Å². The van der Waals surface area contributed by atoms with Crippen LogP contribution in [0.15, 0.2) is 54.6 Å². The van der Waals surface area contributed by atoms with Gasteiger partial charge in [0, 0.05) is 19.5 Å². The molecule has 142 valence electrons. The molecular weight excluding hydrogens is 336 g/mol. The Kier molecular flexibility index (Phi) is 6.28. The summed E-state index contributed by atoms with van der Waals surface area (Å²) in [4.78, 5) is 26.6. The molecule has 0 bridgehead atoms. The van der Waals surface area contributed by atoms with Crippen molar-refractivity contribution in [3.8, 4) is 0 Å². The van der Waals surface area contributed by atoms with Crippen LogP contribution in [0, 0.1) is 0 Å². The number of rotatable bonds is 7. The Bertz CT molecular complexity index is 769. The van der Waals surface area contributed by atoms with E-state index in [4.69, 9.17) is 0 Å². The van der Waals surface area contributed by atoms with E-state index in [-0.39, 0.29) is 17.9 Å². The highest BCUT2D eigenvalue weighted by Crippen LogP contribution is 2.21. The van der Waals surface area contributed by atoms with Gasteiger partial charge in [-0.25, -0.2) is 0 Å². The fourth-order valence-corrected chi connectivity index (χ4v) is 3.50. The first-order chi connectivity index (χ1) is 13.0. The first-order valence-electron chi connectivity index (χ1n) is 9.74. The van der Waals surface area contributed by atoms with Gasteiger partial charge in [0.05, 0.1) is 0 Å². The van der Waals surface area contributed by atoms with Crippen molar-refractivity contribution in [2.24, 2.45) is 0 Å². The normalized spacial score (nSPS) is 16.8. The van der Waals surface area contributed by atoms with E-state index in [1.165, 1.54) is 11.1 Å². The van der Waals surface area contributed by atoms with E-state index in [2.05, 4.69) is 43.4 Å². The molecule has 1 heterocycles. The maximum absolute atomic E-state index is 12.6. The van der Waals surface area contributed by atoms with Gasteiger partial charge in [-0.3, -0.25) is 9.59 Å². The van der Waals surface area contributed by atoms with Gasteiger partial charge in [-0.05, 0) is 35.4 Å². The molecule has 0 aliphatic carbocycles. The van der Waals surface area contributed by atoms with Gasteiger partial charge in [0.15, 0.2) is 0 Å². The quantitative estimate of drug-likeness (QED) is 0.815. The Balaban J connectivity index is 1.52. The highest BCUT2D eigenvalue weighted by atomic mass is 16.2. The molecule has 1 unspecified atom stereocenters. The summed E-state index contributed by atoms with van der Waals surface area (Å²) in [5.41, 5.74) is 3.59. The second-order valence-corrected chi connectivity index (χ2v) is 7.50. The van der Waals surface area contributed by atoms with E-state index in [1.54, 1.807) is 4.90 Å². The van der Waals surface area contributed by atoms with Crippen LogP contribution in [0.2, 0.25) is 0 Å². The molecule has 0 saturated carbocycles. The molecule has 2 amide bonds. The van der Waals surface area contributed by atoms with Gasteiger partial charge in [0.25, 0.3) is 0 Å². The number of carbonyl (C=O) groups excluding carboxylic acids is 2. The summed E-state index contributed by atoms with van der Waals surface area (Å²) in [7, 11) is 0. The third kappa shape index (κ3) is 4.97. The highest BCUT2D eigenvalue weighted by molar-refractivity contribution is 5.90. The molecule has 2 aromatic carbocycles. The molecule has 1 aliphatic heterocycles. The van der Waals surface area contributed by atoms with E-state index in [1.807, 2.05) is 30.3 Å². The van der Waals surface area contributed by atoms with Gasteiger partial charge >= 0.3 is 0 Å². The topological polar surface area (TPSA) is 49.4 Å². The number of carbonyl (C=O) groups is 2.